The number of nitrogens with zero attached hydrogens (tertiary/aromatic N) is 4. The summed E-state index contributed by atoms with van der Waals surface area (Å²) in [5.74, 6) is -2.58. The number of aliphatic hydroxyl groups is 3. The molecule has 0 saturated carbocycles. The van der Waals surface area contributed by atoms with Gasteiger partial charge < -0.3 is 30.4 Å². The van der Waals surface area contributed by atoms with Crippen molar-refractivity contribution in [2.24, 2.45) is 0 Å². The second kappa shape index (κ2) is 5.89. The summed E-state index contributed by atoms with van der Waals surface area (Å²) >= 11 is 0. The molecular formula is C10H14N5O8P. The summed E-state index contributed by atoms with van der Waals surface area (Å²) in [6.45, 7) is -0.619. The number of nitrogen functional groups attached to an aromatic ring is 1. The smallest absolute Gasteiger partial charge is 0.394 e. The van der Waals surface area contributed by atoms with Gasteiger partial charge in [0.1, 0.15) is 18.8 Å². The van der Waals surface area contributed by atoms with Crippen LogP contribution in [0.4, 0.5) is 5.82 Å². The Bertz CT molecular complexity index is 801. The van der Waals surface area contributed by atoms with Crippen molar-refractivity contribution in [3.63, 3.8) is 0 Å². The summed E-state index contributed by atoms with van der Waals surface area (Å²) in [6.07, 6.45) is -0.921. The average Bonchev–Trinajstić information content (AvgIpc) is 3.00. The lowest BCUT2D eigenvalue weighted by molar-refractivity contribution is -0.316. The van der Waals surface area contributed by atoms with Crippen LogP contribution in [0.5, 0.6) is 0 Å². The van der Waals surface area contributed by atoms with E-state index in [2.05, 4.69) is 19.5 Å². The Labute approximate surface area is 133 Å². The Morgan fingerprint density at radius 3 is 2.92 bits per heavy atom. The molecule has 3 rings (SSSR count). The Hall–Kier alpha value is -1.86. The molecule has 0 radical (unpaired) electrons. The maximum absolute atomic E-state index is 12.1. The molecule has 14 heteroatoms. The molecule has 1 aliphatic rings. The molecule has 1 unspecified atom stereocenters. The molecule has 0 amide bonds. The van der Waals surface area contributed by atoms with Crippen molar-refractivity contribution in [3.8, 4) is 0 Å². The zero-order valence-electron chi connectivity index (χ0n) is 12.0. The molecule has 4 atom stereocenters. The summed E-state index contributed by atoms with van der Waals surface area (Å²) in [6, 6.07) is 0. The fourth-order valence-electron chi connectivity index (χ4n) is 2.18. The third-order valence-electron chi connectivity index (χ3n) is 3.19. The number of nitrogens with two attached hydrogens (primary N) is 1. The standard InChI is InChI=1S/C10H14N5O8P/c11-8-7-9(13-3-12-8)15(4-14-7)23-24(19,20)22-10(18)1-5(17)6(2-16)21-10/h3-6,16-18H,1-2H2,(H,19,20)(H2,11,12,13)/t5-,6+,10-/m0/s1. The van der Waals surface area contributed by atoms with Crippen molar-refractivity contribution in [2.75, 3.05) is 12.3 Å². The maximum atomic E-state index is 12.1. The van der Waals surface area contributed by atoms with E-state index in [0.717, 1.165) is 12.7 Å². The van der Waals surface area contributed by atoms with Crippen LogP contribution in [0.3, 0.4) is 0 Å². The molecule has 6 N–H and O–H groups in total. The molecule has 24 heavy (non-hydrogen) atoms. The van der Waals surface area contributed by atoms with Crippen molar-refractivity contribution < 1.29 is 38.7 Å². The van der Waals surface area contributed by atoms with E-state index >= 15 is 0 Å². The molecule has 0 aliphatic carbocycles. The minimum atomic E-state index is -4.92. The predicted octanol–water partition coefficient (Wildman–Crippen LogP) is -2.26. The number of fused-ring (bicyclic) bond motifs is 1. The number of hydrogen-bond acceptors (Lipinski definition) is 11. The van der Waals surface area contributed by atoms with Crippen molar-refractivity contribution in [3.05, 3.63) is 12.7 Å². The molecule has 2 aromatic heterocycles. The molecule has 2 aromatic rings. The van der Waals surface area contributed by atoms with Crippen LogP contribution in [0.15, 0.2) is 12.7 Å². The van der Waals surface area contributed by atoms with Gasteiger partial charge in [-0.25, -0.2) is 24.0 Å². The molecular weight excluding hydrogens is 349 g/mol. The molecule has 0 spiro atoms. The van der Waals surface area contributed by atoms with Crippen LogP contribution in [-0.4, -0.2) is 64.7 Å². The topological polar surface area (TPSA) is 195 Å². The molecule has 0 aromatic carbocycles. The number of hydrogen-bond donors (Lipinski definition) is 5. The molecule has 1 saturated heterocycles. The first-order chi connectivity index (χ1) is 11.2. The highest BCUT2D eigenvalue weighted by Crippen LogP contribution is 2.47. The highest BCUT2D eigenvalue weighted by atomic mass is 31.2. The lowest BCUT2D eigenvalue weighted by Gasteiger charge is -2.24. The minimum Gasteiger partial charge on any atom is -0.394 e. The highest BCUT2D eigenvalue weighted by molar-refractivity contribution is 7.47. The molecule has 0 bridgehead atoms. The Kier molecular flexibility index (Phi) is 4.17. The van der Waals surface area contributed by atoms with Gasteiger partial charge in [-0.1, -0.05) is 0 Å². The molecule has 1 fully saturated rings. The summed E-state index contributed by atoms with van der Waals surface area (Å²) < 4.78 is 26.9. The highest BCUT2D eigenvalue weighted by Gasteiger charge is 2.51. The van der Waals surface area contributed by atoms with Gasteiger partial charge in [0.15, 0.2) is 11.3 Å². The van der Waals surface area contributed by atoms with Gasteiger partial charge in [-0.2, -0.15) is 0 Å². The lowest BCUT2D eigenvalue weighted by atomic mass is 10.2. The quantitative estimate of drug-likeness (QED) is 0.283. The van der Waals surface area contributed by atoms with Crippen LogP contribution in [-0.2, 0) is 13.8 Å². The van der Waals surface area contributed by atoms with Gasteiger partial charge in [-0.3, -0.25) is 4.89 Å². The van der Waals surface area contributed by atoms with E-state index in [9.17, 15) is 19.7 Å². The first kappa shape index (κ1) is 17.0. The molecule has 132 valence electrons. The zero-order valence-corrected chi connectivity index (χ0v) is 12.9. The Morgan fingerprint density at radius 1 is 1.50 bits per heavy atom. The first-order valence-corrected chi connectivity index (χ1v) is 8.09. The van der Waals surface area contributed by atoms with E-state index in [1.54, 1.807) is 0 Å². The predicted molar refractivity (Wildman–Crippen MR) is 74.8 cm³/mol. The summed E-state index contributed by atoms with van der Waals surface area (Å²) in [5.41, 5.74) is 5.70. The maximum Gasteiger partial charge on any atom is 0.551 e. The van der Waals surface area contributed by atoms with E-state index in [1.807, 2.05) is 0 Å². The van der Waals surface area contributed by atoms with Crippen LogP contribution in [0.25, 0.3) is 11.2 Å². The number of anilines is 1. The van der Waals surface area contributed by atoms with Crippen molar-refractivity contribution in [1.82, 2.24) is 19.7 Å². The summed E-state index contributed by atoms with van der Waals surface area (Å²) in [7, 11) is -4.92. The van der Waals surface area contributed by atoms with Crippen molar-refractivity contribution >= 4 is 24.8 Å². The second-order valence-electron chi connectivity index (χ2n) is 4.97. The van der Waals surface area contributed by atoms with Crippen molar-refractivity contribution in [2.45, 2.75) is 24.6 Å². The van der Waals surface area contributed by atoms with E-state index in [0.29, 0.717) is 4.73 Å². The van der Waals surface area contributed by atoms with E-state index < -0.39 is 39.0 Å². The Morgan fingerprint density at radius 2 is 2.25 bits per heavy atom. The normalized spacial score (nSPS) is 29.7. The molecule has 13 nitrogen and oxygen atoms in total. The first-order valence-electron chi connectivity index (χ1n) is 6.59. The zero-order chi connectivity index (χ0) is 17.5. The third kappa shape index (κ3) is 3.18. The van der Waals surface area contributed by atoms with Crippen LogP contribution >= 0.6 is 7.82 Å². The van der Waals surface area contributed by atoms with Gasteiger partial charge >= 0.3 is 7.82 Å². The average molecular weight is 363 g/mol. The third-order valence-corrected chi connectivity index (χ3v) is 4.09. The van der Waals surface area contributed by atoms with Crippen LogP contribution in [0.2, 0.25) is 0 Å². The SMILES string of the molecule is Nc1ncnc2c1ncn2OP(=O)(O)O[C@]1(O)C[C@H](O)[C@@H](CO)O1. The monoisotopic (exact) mass is 363 g/mol. The number of aromatic nitrogens is 4. The van der Waals surface area contributed by atoms with Gasteiger partial charge in [0.05, 0.1) is 19.1 Å². The van der Waals surface area contributed by atoms with Gasteiger partial charge in [0, 0.05) is 0 Å². The number of rotatable bonds is 5. The number of ether oxygens (including phenoxy) is 1. The van der Waals surface area contributed by atoms with Gasteiger partial charge in [0.2, 0.25) is 5.65 Å². The van der Waals surface area contributed by atoms with Crippen LogP contribution in [0.1, 0.15) is 6.42 Å². The number of phosphoric acid groups is 1. The van der Waals surface area contributed by atoms with Gasteiger partial charge in [0.25, 0.3) is 5.97 Å². The Balaban J connectivity index is 1.79. The lowest BCUT2D eigenvalue weighted by Crippen LogP contribution is -2.33. The van der Waals surface area contributed by atoms with Gasteiger partial charge in [-0.15, -0.1) is 4.73 Å². The van der Waals surface area contributed by atoms with E-state index in [-0.39, 0.29) is 17.0 Å². The summed E-state index contributed by atoms with van der Waals surface area (Å²) in [4.78, 5) is 21.1. The summed E-state index contributed by atoms with van der Waals surface area (Å²) in [5, 5.41) is 28.5. The second-order valence-corrected chi connectivity index (χ2v) is 6.25. The molecule has 1 aliphatic heterocycles. The fourth-order valence-corrected chi connectivity index (χ4v) is 3.03. The van der Waals surface area contributed by atoms with E-state index in [1.165, 1.54) is 0 Å². The minimum absolute atomic E-state index is 0.00651. The largest absolute Gasteiger partial charge is 0.551 e. The number of phosphoric ester groups is 1. The van der Waals surface area contributed by atoms with Gasteiger partial charge in [-0.05, 0) is 0 Å². The fraction of sp³-hybridized carbons (Fsp3) is 0.500. The van der Waals surface area contributed by atoms with Crippen LogP contribution < -0.4 is 10.4 Å². The van der Waals surface area contributed by atoms with Crippen LogP contribution in [0, 0.1) is 0 Å². The van der Waals surface area contributed by atoms with Crippen molar-refractivity contribution in [1.29, 1.82) is 0 Å². The number of imidazole rings is 1. The van der Waals surface area contributed by atoms with E-state index in [4.69, 9.17) is 20.2 Å². The molecule has 3 heterocycles. The number of aliphatic hydroxyl groups excluding tert-OH is 2.